The molecule has 4 rings (SSSR count). The Morgan fingerprint density at radius 1 is 0.931 bits per heavy atom. The SMILES string of the molecule is Cc1cccc(Cn2cc(NC(=O)C(c3ccccc3)c3ccccc3)cn2)c1. The Kier molecular flexibility index (Phi) is 5.52. The van der Waals surface area contributed by atoms with Crippen molar-refractivity contribution in [2.24, 2.45) is 0 Å². The Balaban J connectivity index is 1.53. The van der Waals surface area contributed by atoms with E-state index in [1.807, 2.05) is 77.6 Å². The summed E-state index contributed by atoms with van der Waals surface area (Å²) in [6, 6.07) is 28.0. The molecule has 0 aliphatic rings. The van der Waals surface area contributed by atoms with Crippen molar-refractivity contribution in [1.82, 2.24) is 9.78 Å². The molecule has 0 radical (unpaired) electrons. The van der Waals surface area contributed by atoms with Crippen LogP contribution in [0.1, 0.15) is 28.2 Å². The molecule has 4 heteroatoms. The molecular formula is C25H23N3O. The van der Waals surface area contributed by atoms with Gasteiger partial charge in [-0.3, -0.25) is 9.48 Å². The van der Waals surface area contributed by atoms with Crippen LogP contribution in [0.15, 0.2) is 97.3 Å². The lowest BCUT2D eigenvalue weighted by Crippen LogP contribution is -2.22. The van der Waals surface area contributed by atoms with Gasteiger partial charge in [-0.05, 0) is 23.6 Å². The largest absolute Gasteiger partial charge is 0.323 e. The van der Waals surface area contributed by atoms with Crippen molar-refractivity contribution < 1.29 is 4.79 Å². The van der Waals surface area contributed by atoms with Gasteiger partial charge in [-0.1, -0.05) is 90.5 Å². The van der Waals surface area contributed by atoms with Gasteiger partial charge in [0.15, 0.2) is 0 Å². The topological polar surface area (TPSA) is 46.9 Å². The molecule has 0 atom stereocenters. The van der Waals surface area contributed by atoms with E-state index >= 15 is 0 Å². The van der Waals surface area contributed by atoms with E-state index in [-0.39, 0.29) is 11.8 Å². The first-order valence-corrected chi connectivity index (χ1v) is 9.68. The Labute approximate surface area is 170 Å². The summed E-state index contributed by atoms with van der Waals surface area (Å²) in [5.74, 6) is -0.449. The molecule has 0 aliphatic carbocycles. The van der Waals surface area contributed by atoms with Gasteiger partial charge < -0.3 is 5.32 Å². The van der Waals surface area contributed by atoms with Gasteiger partial charge in [0.25, 0.3) is 0 Å². The number of hydrogen-bond acceptors (Lipinski definition) is 2. The van der Waals surface area contributed by atoms with Crippen molar-refractivity contribution in [3.05, 3.63) is 120 Å². The van der Waals surface area contributed by atoms with E-state index in [9.17, 15) is 4.79 Å². The van der Waals surface area contributed by atoms with Gasteiger partial charge in [0.1, 0.15) is 0 Å². The van der Waals surface area contributed by atoms with Crippen molar-refractivity contribution >= 4 is 11.6 Å². The number of nitrogens with one attached hydrogen (secondary N) is 1. The minimum absolute atomic E-state index is 0.0718. The summed E-state index contributed by atoms with van der Waals surface area (Å²) in [4.78, 5) is 13.2. The highest BCUT2D eigenvalue weighted by atomic mass is 16.1. The molecule has 0 saturated heterocycles. The molecule has 4 nitrogen and oxygen atoms in total. The fourth-order valence-corrected chi connectivity index (χ4v) is 3.51. The molecule has 0 saturated carbocycles. The molecule has 0 aliphatic heterocycles. The molecule has 0 unspecified atom stereocenters. The lowest BCUT2D eigenvalue weighted by molar-refractivity contribution is -0.116. The maximum Gasteiger partial charge on any atom is 0.236 e. The number of carbonyl (C=O) groups is 1. The van der Waals surface area contributed by atoms with Crippen molar-refractivity contribution in [2.75, 3.05) is 5.32 Å². The summed E-state index contributed by atoms with van der Waals surface area (Å²) >= 11 is 0. The molecule has 0 bridgehead atoms. The van der Waals surface area contributed by atoms with Crippen LogP contribution in [-0.2, 0) is 11.3 Å². The van der Waals surface area contributed by atoms with Gasteiger partial charge >= 0.3 is 0 Å². The fraction of sp³-hybridized carbons (Fsp3) is 0.120. The lowest BCUT2D eigenvalue weighted by atomic mass is 9.90. The third-order valence-corrected chi connectivity index (χ3v) is 4.86. The van der Waals surface area contributed by atoms with E-state index in [0.717, 1.165) is 11.1 Å². The van der Waals surface area contributed by atoms with E-state index in [0.29, 0.717) is 12.2 Å². The van der Waals surface area contributed by atoms with Crippen LogP contribution in [0.3, 0.4) is 0 Å². The molecule has 0 fully saturated rings. The number of hydrogen-bond donors (Lipinski definition) is 1. The van der Waals surface area contributed by atoms with Crippen LogP contribution in [-0.4, -0.2) is 15.7 Å². The summed E-state index contributed by atoms with van der Waals surface area (Å²) in [5.41, 5.74) is 5.01. The number of aryl methyl sites for hydroxylation is 1. The van der Waals surface area contributed by atoms with Crippen molar-refractivity contribution in [2.45, 2.75) is 19.4 Å². The Bertz CT molecular complexity index is 1050. The number of anilines is 1. The first-order valence-electron chi connectivity index (χ1n) is 9.68. The summed E-state index contributed by atoms with van der Waals surface area (Å²) < 4.78 is 1.84. The summed E-state index contributed by atoms with van der Waals surface area (Å²) in [7, 11) is 0. The highest BCUT2D eigenvalue weighted by Gasteiger charge is 2.23. The number of carbonyl (C=O) groups excluding carboxylic acids is 1. The van der Waals surface area contributed by atoms with Gasteiger partial charge in [0, 0.05) is 6.20 Å². The number of aromatic nitrogens is 2. The summed E-state index contributed by atoms with van der Waals surface area (Å²) in [5, 5.41) is 7.44. The third kappa shape index (κ3) is 4.61. The van der Waals surface area contributed by atoms with E-state index in [4.69, 9.17) is 0 Å². The maximum atomic E-state index is 13.2. The predicted octanol–water partition coefficient (Wildman–Crippen LogP) is 5.01. The van der Waals surface area contributed by atoms with Gasteiger partial charge in [-0.25, -0.2) is 0 Å². The zero-order valence-corrected chi connectivity index (χ0v) is 16.3. The second-order valence-corrected chi connectivity index (χ2v) is 7.16. The number of rotatable bonds is 6. The quantitative estimate of drug-likeness (QED) is 0.510. The van der Waals surface area contributed by atoms with Crippen LogP contribution < -0.4 is 5.32 Å². The Hall–Kier alpha value is -3.66. The minimum Gasteiger partial charge on any atom is -0.323 e. The average molecular weight is 381 g/mol. The van der Waals surface area contributed by atoms with Crippen LogP contribution in [0.4, 0.5) is 5.69 Å². The predicted molar refractivity (Wildman–Crippen MR) is 116 cm³/mol. The zero-order valence-electron chi connectivity index (χ0n) is 16.3. The van der Waals surface area contributed by atoms with Crippen LogP contribution in [0.25, 0.3) is 0 Å². The second kappa shape index (κ2) is 8.57. The Morgan fingerprint density at radius 2 is 1.59 bits per heavy atom. The monoisotopic (exact) mass is 381 g/mol. The normalized spacial score (nSPS) is 10.8. The minimum atomic E-state index is -0.377. The van der Waals surface area contributed by atoms with Crippen molar-refractivity contribution in [1.29, 1.82) is 0 Å². The standard InChI is InChI=1S/C25H23N3O/c1-19-9-8-10-20(15-19)17-28-18-23(16-26-28)27-25(29)24(21-11-4-2-5-12-21)22-13-6-3-7-14-22/h2-16,18,24H,17H2,1H3,(H,27,29). The van der Waals surface area contributed by atoms with Gasteiger partial charge in [-0.15, -0.1) is 0 Å². The first kappa shape index (κ1) is 18.7. The Morgan fingerprint density at radius 3 is 2.21 bits per heavy atom. The lowest BCUT2D eigenvalue weighted by Gasteiger charge is -2.17. The molecule has 0 spiro atoms. The van der Waals surface area contributed by atoms with E-state index in [2.05, 4.69) is 35.5 Å². The number of benzene rings is 3. The van der Waals surface area contributed by atoms with E-state index < -0.39 is 0 Å². The fourth-order valence-electron chi connectivity index (χ4n) is 3.51. The van der Waals surface area contributed by atoms with Crippen molar-refractivity contribution in [3.63, 3.8) is 0 Å². The average Bonchev–Trinajstić information content (AvgIpc) is 3.16. The zero-order chi connectivity index (χ0) is 20.1. The molecule has 29 heavy (non-hydrogen) atoms. The van der Waals surface area contributed by atoms with Gasteiger partial charge in [-0.2, -0.15) is 5.10 Å². The maximum absolute atomic E-state index is 13.2. The molecule has 1 aromatic heterocycles. The first-order chi connectivity index (χ1) is 14.2. The second-order valence-electron chi connectivity index (χ2n) is 7.16. The van der Waals surface area contributed by atoms with E-state index in [1.54, 1.807) is 6.20 Å². The van der Waals surface area contributed by atoms with Crippen LogP contribution in [0.5, 0.6) is 0 Å². The molecule has 4 aromatic rings. The van der Waals surface area contributed by atoms with Crippen LogP contribution >= 0.6 is 0 Å². The highest BCUT2D eigenvalue weighted by Crippen LogP contribution is 2.26. The van der Waals surface area contributed by atoms with Gasteiger partial charge in [0.2, 0.25) is 5.91 Å². The smallest absolute Gasteiger partial charge is 0.236 e. The molecule has 1 N–H and O–H groups in total. The summed E-state index contributed by atoms with van der Waals surface area (Å²) in [6.07, 6.45) is 3.56. The van der Waals surface area contributed by atoms with E-state index in [1.165, 1.54) is 11.1 Å². The third-order valence-electron chi connectivity index (χ3n) is 4.86. The molecule has 1 heterocycles. The van der Waals surface area contributed by atoms with Crippen LogP contribution in [0, 0.1) is 6.92 Å². The molecule has 144 valence electrons. The summed E-state index contributed by atoms with van der Waals surface area (Å²) in [6.45, 7) is 2.74. The molecule has 1 amide bonds. The number of amides is 1. The van der Waals surface area contributed by atoms with Crippen molar-refractivity contribution in [3.8, 4) is 0 Å². The van der Waals surface area contributed by atoms with Crippen LogP contribution in [0.2, 0.25) is 0 Å². The van der Waals surface area contributed by atoms with Gasteiger partial charge in [0.05, 0.1) is 24.3 Å². The highest BCUT2D eigenvalue weighted by molar-refractivity contribution is 5.98. The molecule has 3 aromatic carbocycles. The number of nitrogens with zero attached hydrogens (tertiary/aromatic N) is 2. The molecular weight excluding hydrogens is 358 g/mol.